The highest BCUT2D eigenvalue weighted by Gasteiger charge is 2.21. The van der Waals surface area contributed by atoms with E-state index in [-0.39, 0.29) is 12.5 Å². The number of hydrogen-bond acceptors (Lipinski definition) is 6. The minimum Gasteiger partial charge on any atom is -0.369 e. The van der Waals surface area contributed by atoms with Crippen LogP contribution >= 0.6 is 11.3 Å². The van der Waals surface area contributed by atoms with Crippen molar-refractivity contribution in [2.75, 3.05) is 30.8 Å². The lowest BCUT2D eigenvalue weighted by atomic mass is 10.2. The molecule has 0 unspecified atom stereocenters. The first-order valence-electron chi connectivity index (χ1n) is 8.94. The minimum absolute atomic E-state index is 0.241. The van der Waals surface area contributed by atoms with Crippen molar-refractivity contribution in [1.29, 1.82) is 0 Å². The summed E-state index contributed by atoms with van der Waals surface area (Å²) in [6.07, 6.45) is 1.48. The summed E-state index contributed by atoms with van der Waals surface area (Å²) in [6, 6.07) is 14.2. The predicted molar refractivity (Wildman–Crippen MR) is 116 cm³/mol. The molecular formula is C20H22N4O3S2. The number of likely N-dealkylation sites (N-methyl/N-ethyl adjacent to an activating group) is 1. The van der Waals surface area contributed by atoms with Gasteiger partial charge >= 0.3 is 0 Å². The van der Waals surface area contributed by atoms with Crippen LogP contribution in [0.1, 0.15) is 15.9 Å². The van der Waals surface area contributed by atoms with E-state index in [4.69, 9.17) is 0 Å². The molecule has 2 heterocycles. The molecule has 29 heavy (non-hydrogen) atoms. The fraction of sp³-hybridized carbons (Fsp3) is 0.200. The summed E-state index contributed by atoms with van der Waals surface area (Å²) < 4.78 is 26.4. The number of carbonyl (C=O) groups is 1. The van der Waals surface area contributed by atoms with Crippen LogP contribution in [0, 0.1) is 6.92 Å². The van der Waals surface area contributed by atoms with Crippen LogP contribution in [-0.4, -0.2) is 43.8 Å². The molecule has 0 bridgehead atoms. The molecule has 0 atom stereocenters. The number of thiophene rings is 1. The number of aryl methyl sites for hydroxylation is 1. The average Bonchev–Trinajstić information content (AvgIpc) is 3.26. The third kappa shape index (κ3) is 5.41. The Balaban J connectivity index is 1.51. The van der Waals surface area contributed by atoms with E-state index in [1.54, 1.807) is 36.7 Å². The summed E-state index contributed by atoms with van der Waals surface area (Å²) in [5.74, 6) is 0.327. The first-order chi connectivity index (χ1) is 13.9. The zero-order chi connectivity index (χ0) is 20.9. The number of pyridine rings is 1. The van der Waals surface area contributed by atoms with Gasteiger partial charge in [-0.05, 0) is 42.6 Å². The normalized spacial score (nSPS) is 11.4. The van der Waals surface area contributed by atoms with Gasteiger partial charge in [0.25, 0.3) is 15.9 Å². The van der Waals surface area contributed by atoms with Gasteiger partial charge in [0.2, 0.25) is 0 Å². The molecule has 0 saturated carbocycles. The Bertz CT molecular complexity index is 1050. The molecule has 3 rings (SSSR count). The first-order valence-corrected chi connectivity index (χ1v) is 11.3. The molecule has 1 amide bonds. The number of carbonyl (C=O) groups excluding carboxylic acids is 1. The molecule has 0 aliphatic carbocycles. The maximum absolute atomic E-state index is 12.4. The lowest BCUT2D eigenvalue weighted by molar-refractivity contribution is 0.102. The SMILES string of the molecule is Cc1ccc(NC(=O)c2ccc(NCCN(C)S(=O)(=O)c3cccs3)nc2)cc1. The minimum atomic E-state index is -3.46. The molecule has 3 aromatic rings. The number of anilines is 2. The van der Waals surface area contributed by atoms with Gasteiger partial charge in [-0.2, -0.15) is 4.31 Å². The van der Waals surface area contributed by atoms with Crippen LogP contribution < -0.4 is 10.6 Å². The summed E-state index contributed by atoms with van der Waals surface area (Å²) in [7, 11) is -1.92. The summed E-state index contributed by atoms with van der Waals surface area (Å²) >= 11 is 1.19. The largest absolute Gasteiger partial charge is 0.369 e. The van der Waals surface area contributed by atoms with Gasteiger partial charge in [0.1, 0.15) is 10.0 Å². The molecular weight excluding hydrogens is 408 g/mol. The Kier molecular flexibility index (Phi) is 6.63. The van der Waals surface area contributed by atoms with Crippen molar-refractivity contribution >= 4 is 38.8 Å². The highest BCUT2D eigenvalue weighted by Crippen LogP contribution is 2.19. The summed E-state index contributed by atoms with van der Waals surface area (Å²) in [5.41, 5.74) is 2.28. The quantitative estimate of drug-likeness (QED) is 0.571. The summed E-state index contributed by atoms with van der Waals surface area (Å²) in [4.78, 5) is 16.5. The number of amides is 1. The second kappa shape index (κ2) is 9.17. The maximum Gasteiger partial charge on any atom is 0.257 e. The molecule has 152 valence electrons. The van der Waals surface area contributed by atoms with Crippen molar-refractivity contribution in [3.63, 3.8) is 0 Å². The fourth-order valence-electron chi connectivity index (χ4n) is 2.50. The van der Waals surface area contributed by atoms with E-state index in [9.17, 15) is 13.2 Å². The van der Waals surface area contributed by atoms with Crippen LogP contribution in [0.5, 0.6) is 0 Å². The molecule has 0 aliphatic heterocycles. The highest BCUT2D eigenvalue weighted by atomic mass is 32.2. The van der Waals surface area contributed by atoms with Crippen LogP contribution in [0.4, 0.5) is 11.5 Å². The van der Waals surface area contributed by atoms with Crippen LogP contribution in [0.25, 0.3) is 0 Å². The van der Waals surface area contributed by atoms with Gasteiger partial charge in [-0.25, -0.2) is 13.4 Å². The number of aromatic nitrogens is 1. The molecule has 9 heteroatoms. The summed E-state index contributed by atoms with van der Waals surface area (Å²) in [5, 5.41) is 7.63. The Labute approximate surface area is 174 Å². The zero-order valence-electron chi connectivity index (χ0n) is 16.1. The van der Waals surface area contributed by atoms with Crippen molar-refractivity contribution in [3.05, 3.63) is 71.2 Å². The topological polar surface area (TPSA) is 91.4 Å². The molecule has 2 N–H and O–H groups in total. The molecule has 7 nitrogen and oxygen atoms in total. The molecule has 2 aromatic heterocycles. The lowest BCUT2D eigenvalue weighted by Crippen LogP contribution is -2.31. The van der Waals surface area contributed by atoms with Gasteiger partial charge in [-0.3, -0.25) is 4.79 Å². The van der Waals surface area contributed by atoms with Crippen molar-refractivity contribution < 1.29 is 13.2 Å². The first kappa shape index (κ1) is 21.0. The van der Waals surface area contributed by atoms with Gasteiger partial charge in [0.05, 0.1) is 5.56 Å². The number of nitrogens with one attached hydrogen (secondary N) is 2. The van der Waals surface area contributed by atoms with E-state index in [1.165, 1.54) is 21.8 Å². The molecule has 1 aromatic carbocycles. The Morgan fingerprint density at radius 2 is 1.90 bits per heavy atom. The standard InChI is InChI=1S/C20H22N4O3S2/c1-15-5-8-17(9-6-15)23-20(25)16-7-10-18(22-14-16)21-11-12-24(2)29(26,27)19-4-3-13-28-19/h3-10,13-14H,11-12H2,1-2H3,(H,21,22)(H,23,25). The second-order valence-electron chi connectivity index (χ2n) is 6.44. The number of sulfonamides is 1. The van der Waals surface area contributed by atoms with Crippen molar-refractivity contribution in [1.82, 2.24) is 9.29 Å². The highest BCUT2D eigenvalue weighted by molar-refractivity contribution is 7.91. The molecule has 0 saturated heterocycles. The van der Waals surface area contributed by atoms with Gasteiger partial charge < -0.3 is 10.6 Å². The second-order valence-corrected chi connectivity index (χ2v) is 9.66. The summed E-state index contributed by atoms with van der Waals surface area (Å²) in [6.45, 7) is 2.66. The van der Waals surface area contributed by atoms with E-state index in [2.05, 4.69) is 15.6 Å². The number of rotatable bonds is 8. The Hall–Kier alpha value is -2.75. The molecule has 0 aliphatic rings. The smallest absolute Gasteiger partial charge is 0.257 e. The van der Waals surface area contributed by atoms with Gasteiger partial charge in [0, 0.05) is 32.0 Å². The van der Waals surface area contributed by atoms with E-state index in [0.29, 0.717) is 22.1 Å². The number of nitrogens with zero attached hydrogens (tertiary/aromatic N) is 2. The number of benzene rings is 1. The molecule has 0 fully saturated rings. The molecule has 0 spiro atoms. The van der Waals surface area contributed by atoms with E-state index in [0.717, 1.165) is 11.3 Å². The van der Waals surface area contributed by atoms with Crippen molar-refractivity contribution in [3.8, 4) is 0 Å². The number of hydrogen-bond donors (Lipinski definition) is 2. The van der Waals surface area contributed by atoms with Gasteiger partial charge in [-0.15, -0.1) is 11.3 Å². The van der Waals surface area contributed by atoms with E-state index in [1.807, 2.05) is 31.2 Å². The van der Waals surface area contributed by atoms with Crippen molar-refractivity contribution in [2.45, 2.75) is 11.1 Å². The fourth-order valence-corrected chi connectivity index (χ4v) is 4.87. The average molecular weight is 431 g/mol. The van der Waals surface area contributed by atoms with Gasteiger partial charge in [-0.1, -0.05) is 23.8 Å². The maximum atomic E-state index is 12.4. The van der Waals surface area contributed by atoms with Crippen molar-refractivity contribution in [2.24, 2.45) is 0 Å². The third-order valence-corrected chi connectivity index (χ3v) is 7.46. The predicted octanol–water partition coefficient (Wildman–Crippen LogP) is 3.44. The van der Waals surface area contributed by atoms with Crippen LogP contribution in [0.15, 0.2) is 64.3 Å². The zero-order valence-corrected chi connectivity index (χ0v) is 17.8. The molecule has 0 radical (unpaired) electrons. The van der Waals surface area contributed by atoms with E-state index >= 15 is 0 Å². The Morgan fingerprint density at radius 1 is 1.14 bits per heavy atom. The van der Waals surface area contributed by atoms with Crippen LogP contribution in [0.2, 0.25) is 0 Å². The van der Waals surface area contributed by atoms with Crippen LogP contribution in [-0.2, 0) is 10.0 Å². The third-order valence-electron chi connectivity index (χ3n) is 4.23. The van der Waals surface area contributed by atoms with Crippen LogP contribution in [0.3, 0.4) is 0 Å². The van der Waals surface area contributed by atoms with E-state index < -0.39 is 10.0 Å². The lowest BCUT2D eigenvalue weighted by Gasteiger charge is -2.16. The Morgan fingerprint density at radius 3 is 2.52 bits per heavy atom. The monoisotopic (exact) mass is 430 g/mol. The van der Waals surface area contributed by atoms with Gasteiger partial charge in [0.15, 0.2) is 0 Å².